The maximum atomic E-state index is 9.55. The Morgan fingerprint density at radius 2 is 1.36 bits per heavy atom. The van der Waals surface area contributed by atoms with Crippen LogP contribution in [0.3, 0.4) is 0 Å². The fourth-order valence-electron chi connectivity index (χ4n) is 0.143. The monoisotopic (exact) mass is 178 g/mol. The van der Waals surface area contributed by atoms with Crippen LogP contribution in [0.1, 0.15) is 0 Å². The Balaban J connectivity index is 0. The van der Waals surface area contributed by atoms with Gasteiger partial charge in [0.15, 0.2) is 9.76 Å². The summed E-state index contributed by atoms with van der Waals surface area (Å²) in [6.45, 7) is 1.82. The Labute approximate surface area is 65.9 Å². The third-order valence-electron chi connectivity index (χ3n) is 0.368. The van der Waals surface area contributed by atoms with E-state index >= 15 is 0 Å². The van der Waals surface area contributed by atoms with Crippen LogP contribution in [0.5, 0.6) is 0 Å². The van der Waals surface area contributed by atoms with Gasteiger partial charge >= 0.3 is 11.9 Å². The number of hydrogen-bond acceptors (Lipinski definition) is 3. The number of rotatable bonds is 2. The lowest BCUT2D eigenvalue weighted by molar-refractivity contribution is -0.134. The zero-order valence-electron chi connectivity index (χ0n) is 6.02. The molecule has 0 unspecified atom stereocenters. The number of carbonyl (C=O) groups is 2. The number of carboxylic acids is 2. The summed E-state index contributed by atoms with van der Waals surface area (Å²) in [5.74, 6) is -2.51. The standard InChI is InChI=1S/C4H4O4.CH6OSi/c5-3(6)1-2-4(7)8;1-3-2/h1-2H,(H,5,6)(H,7,8);2H,3H2,1H3. The first-order chi connectivity index (χ1) is 5.04. The molecular weight excluding hydrogens is 168 g/mol. The van der Waals surface area contributed by atoms with E-state index in [0.29, 0.717) is 12.2 Å². The lowest BCUT2D eigenvalue weighted by atomic mass is 10.5. The lowest BCUT2D eigenvalue weighted by Crippen LogP contribution is -1.91. The van der Waals surface area contributed by atoms with Crippen LogP contribution in [-0.4, -0.2) is 36.7 Å². The highest BCUT2D eigenvalue weighted by Crippen LogP contribution is 1.70. The van der Waals surface area contributed by atoms with Crippen molar-refractivity contribution in [1.29, 1.82) is 0 Å². The van der Waals surface area contributed by atoms with Crippen molar-refractivity contribution in [2.45, 2.75) is 6.55 Å². The molecule has 0 aromatic heterocycles. The minimum Gasteiger partial charge on any atom is -0.478 e. The minimum atomic E-state index is -1.26. The molecule has 5 nitrogen and oxygen atoms in total. The Bertz CT molecular complexity index is 137. The van der Waals surface area contributed by atoms with E-state index in [1.165, 1.54) is 0 Å². The SMILES string of the molecule is C[SiH2]O.O=C(O)C=CC(=O)O. The number of hydrogen-bond donors (Lipinski definition) is 3. The molecular formula is C5H10O5Si. The van der Waals surface area contributed by atoms with Crippen molar-refractivity contribution >= 4 is 21.7 Å². The van der Waals surface area contributed by atoms with E-state index in [0.717, 1.165) is 0 Å². The Morgan fingerprint density at radius 1 is 1.18 bits per heavy atom. The summed E-state index contributed by atoms with van der Waals surface area (Å²) in [4.78, 5) is 26.8. The second-order valence-corrected chi connectivity index (χ2v) is 1.96. The molecule has 64 valence electrons. The summed E-state index contributed by atoms with van der Waals surface area (Å²) < 4.78 is 0. The van der Waals surface area contributed by atoms with Gasteiger partial charge in [0.05, 0.1) is 0 Å². The molecule has 0 rings (SSSR count). The highest BCUT2D eigenvalue weighted by atomic mass is 28.2. The normalized spacial score (nSPS) is 9.64. The smallest absolute Gasteiger partial charge is 0.328 e. The van der Waals surface area contributed by atoms with Gasteiger partial charge in [-0.3, -0.25) is 0 Å². The largest absolute Gasteiger partial charge is 0.478 e. The second kappa shape index (κ2) is 8.86. The second-order valence-electron chi connectivity index (χ2n) is 1.33. The van der Waals surface area contributed by atoms with Crippen LogP contribution in [0.15, 0.2) is 12.2 Å². The van der Waals surface area contributed by atoms with E-state index in [2.05, 4.69) is 0 Å². The summed E-state index contributed by atoms with van der Waals surface area (Å²) in [5, 5.41) is 15.6. The molecule has 0 radical (unpaired) electrons. The summed E-state index contributed by atoms with van der Waals surface area (Å²) >= 11 is 0. The van der Waals surface area contributed by atoms with Crippen LogP contribution in [0.2, 0.25) is 6.55 Å². The van der Waals surface area contributed by atoms with E-state index in [1.54, 1.807) is 0 Å². The molecule has 0 heterocycles. The molecule has 0 spiro atoms. The predicted molar refractivity (Wildman–Crippen MR) is 41.0 cm³/mol. The van der Waals surface area contributed by atoms with Gasteiger partial charge in [0, 0.05) is 12.2 Å². The molecule has 0 aliphatic heterocycles. The third kappa shape index (κ3) is 28.0. The van der Waals surface area contributed by atoms with Gasteiger partial charge in [-0.1, -0.05) is 6.55 Å². The molecule has 0 saturated carbocycles. The minimum absolute atomic E-state index is 0.558. The average molecular weight is 178 g/mol. The van der Waals surface area contributed by atoms with Gasteiger partial charge in [-0.25, -0.2) is 9.59 Å². The van der Waals surface area contributed by atoms with Crippen LogP contribution in [0.4, 0.5) is 0 Å². The molecule has 0 fully saturated rings. The predicted octanol–water partition coefficient (Wildman–Crippen LogP) is -1.18. The van der Waals surface area contributed by atoms with Crippen molar-refractivity contribution < 1.29 is 24.6 Å². The van der Waals surface area contributed by atoms with Crippen molar-refractivity contribution in [1.82, 2.24) is 0 Å². The Morgan fingerprint density at radius 3 is 1.45 bits per heavy atom. The van der Waals surface area contributed by atoms with E-state index < -0.39 is 21.7 Å². The summed E-state index contributed by atoms with van der Waals surface area (Å²) in [5.41, 5.74) is 0. The number of carboxylic acid groups (broad SMARTS) is 2. The fraction of sp³-hybridized carbons (Fsp3) is 0.200. The first kappa shape index (κ1) is 12.5. The van der Waals surface area contributed by atoms with Gasteiger partial charge in [0.2, 0.25) is 0 Å². The number of aliphatic carboxylic acids is 2. The van der Waals surface area contributed by atoms with Crippen molar-refractivity contribution in [3.05, 3.63) is 12.2 Å². The maximum absolute atomic E-state index is 9.55. The molecule has 6 heteroatoms. The lowest BCUT2D eigenvalue weighted by Gasteiger charge is -1.74. The van der Waals surface area contributed by atoms with Crippen LogP contribution < -0.4 is 0 Å². The van der Waals surface area contributed by atoms with Crippen LogP contribution in [-0.2, 0) is 9.59 Å². The Kier molecular flexibility index (Phi) is 10.1. The van der Waals surface area contributed by atoms with E-state index in [9.17, 15) is 9.59 Å². The molecule has 0 aliphatic carbocycles. The quantitative estimate of drug-likeness (QED) is 0.365. The van der Waals surface area contributed by atoms with Crippen molar-refractivity contribution in [3.8, 4) is 0 Å². The fourth-order valence-corrected chi connectivity index (χ4v) is 0.143. The molecule has 0 amide bonds. The third-order valence-corrected chi connectivity index (χ3v) is 0.368. The highest BCUT2D eigenvalue weighted by molar-refractivity contribution is 6.22. The van der Waals surface area contributed by atoms with Gasteiger partial charge < -0.3 is 15.0 Å². The molecule has 11 heavy (non-hydrogen) atoms. The molecule has 0 atom stereocenters. The topological polar surface area (TPSA) is 94.8 Å². The van der Waals surface area contributed by atoms with E-state index in [-0.39, 0.29) is 0 Å². The zero-order valence-corrected chi connectivity index (χ0v) is 7.43. The van der Waals surface area contributed by atoms with Crippen molar-refractivity contribution in [2.24, 2.45) is 0 Å². The van der Waals surface area contributed by atoms with Gasteiger partial charge in [-0.05, 0) is 0 Å². The maximum Gasteiger partial charge on any atom is 0.328 e. The molecule has 0 saturated heterocycles. The van der Waals surface area contributed by atoms with E-state index in [4.69, 9.17) is 15.0 Å². The first-order valence-electron chi connectivity index (χ1n) is 2.79. The van der Waals surface area contributed by atoms with Crippen LogP contribution in [0.25, 0.3) is 0 Å². The summed E-state index contributed by atoms with van der Waals surface area (Å²) in [6, 6.07) is 0. The molecule has 0 aromatic rings. The van der Waals surface area contributed by atoms with Crippen molar-refractivity contribution in [2.75, 3.05) is 0 Å². The first-order valence-corrected chi connectivity index (χ1v) is 4.84. The van der Waals surface area contributed by atoms with Crippen molar-refractivity contribution in [3.63, 3.8) is 0 Å². The van der Waals surface area contributed by atoms with Gasteiger partial charge in [-0.15, -0.1) is 0 Å². The van der Waals surface area contributed by atoms with Gasteiger partial charge in [0.25, 0.3) is 0 Å². The molecule has 0 aliphatic rings. The van der Waals surface area contributed by atoms with E-state index in [1.807, 2.05) is 6.55 Å². The zero-order chi connectivity index (χ0) is 9.28. The van der Waals surface area contributed by atoms with Gasteiger partial charge in [-0.2, -0.15) is 0 Å². The average Bonchev–Trinajstić information content (AvgIpc) is 1.85. The Hall–Kier alpha value is -1.14. The van der Waals surface area contributed by atoms with Crippen LogP contribution in [0, 0.1) is 0 Å². The summed E-state index contributed by atoms with van der Waals surface area (Å²) in [6.07, 6.45) is 1.12. The van der Waals surface area contributed by atoms with Gasteiger partial charge in [0.1, 0.15) is 0 Å². The summed E-state index contributed by atoms with van der Waals surface area (Å²) in [7, 11) is -0.583. The molecule has 3 N–H and O–H groups in total. The van der Waals surface area contributed by atoms with Crippen LogP contribution >= 0.6 is 0 Å². The molecule has 0 aromatic carbocycles. The highest BCUT2D eigenvalue weighted by Gasteiger charge is 1.88. The molecule has 0 bridgehead atoms.